The fourth-order valence-electron chi connectivity index (χ4n) is 19.6. The van der Waals surface area contributed by atoms with Crippen molar-refractivity contribution in [3.05, 3.63) is 69.6 Å². The van der Waals surface area contributed by atoms with Crippen molar-refractivity contribution < 1.29 is 39.5 Å². The van der Waals surface area contributed by atoms with E-state index in [9.17, 15) is 25.2 Å². The van der Waals surface area contributed by atoms with Crippen LogP contribution in [0.5, 0.6) is 0 Å². The molecule has 11 nitrogen and oxygen atoms in total. The first kappa shape index (κ1) is 51.6. The van der Waals surface area contributed by atoms with Gasteiger partial charge in [-0.05, 0) is 171 Å². The lowest BCUT2D eigenvalue weighted by molar-refractivity contribution is -0.262. The number of carbonyl (C=O) groups excluding carboxylic acids is 2. The number of rotatable bonds is 10. The van der Waals surface area contributed by atoms with Gasteiger partial charge in [-0.15, -0.1) is 0 Å². The fourth-order valence-corrected chi connectivity index (χ4v) is 19.6. The van der Waals surface area contributed by atoms with E-state index in [4.69, 9.17) is 9.47 Å². The van der Waals surface area contributed by atoms with Gasteiger partial charge in [0.2, 0.25) is 0 Å². The molecule has 3 aliphatic heterocycles. The molecule has 0 bridgehead atoms. The number of aryl methyl sites for hydroxylation is 1. The molecule has 404 valence electrons. The van der Waals surface area contributed by atoms with Gasteiger partial charge in [0.05, 0.1) is 40.5 Å². The third kappa shape index (κ3) is 7.48. The van der Waals surface area contributed by atoms with Crippen LogP contribution in [-0.4, -0.2) is 98.4 Å². The van der Waals surface area contributed by atoms with Crippen molar-refractivity contribution in [2.75, 3.05) is 26.8 Å². The first-order valence-corrected chi connectivity index (χ1v) is 29.4. The van der Waals surface area contributed by atoms with E-state index in [0.29, 0.717) is 95.7 Å². The number of aliphatic hydroxyl groups excluding tert-OH is 3. The maximum Gasteiger partial charge on any atom is 0.160 e. The molecule has 0 radical (unpaired) electrons. The minimum atomic E-state index is -0.933. The standard InChI is InChI=1S/C63H89N3O8/c1-56(2)55(74-56)46(69)31-57(3)17-14-39-34-65-51-41(27-37-26-40(38-12-10-9-11-13-38)29-42(28-37)63(72)21-24-73-25-22-63)35-66(52(39)51)36-44-49-50(57)45(68)32-60(49,6)59(5)18-16-47-58(4,20-23-64-8)48(70)33-62(19-15-43(67)30-62)61(47,7)54(59)53(44)71/h26,28-29,34-35,38,43-44,46-47,53-55,64-65,67,69,71-72H,9-25,27,30-33,36H2,1-8H3. The molecule has 74 heavy (non-hydrogen) atoms. The average molecular weight is 1020 g/mol. The number of benzene rings is 1. The molecule has 2 saturated heterocycles. The van der Waals surface area contributed by atoms with Gasteiger partial charge in [-0.2, -0.15) is 0 Å². The predicted octanol–water partition coefficient (Wildman–Crippen LogP) is 9.91. The summed E-state index contributed by atoms with van der Waals surface area (Å²) in [4.78, 5) is 34.4. The summed E-state index contributed by atoms with van der Waals surface area (Å²) in [6, 6.07) is 6.98. The number of ketones is 2. The van der Waals surface area contributed by atoms with Gasteiger partial charge in [-0.1, -0.05) is 72.1 Å². The van der Waals surface area contributed by atoms with Crippen LogP contribution in [0, 0.1) is 50.2 Å². The number of aliphatic hydroxyl groups is 4. The Kier molecular flexibility index (Phi) is 12.3. The number of carbonyl (C=O) groups is 2. The third-order valence-corrected chi connectivity index (χ3v) is 23.8. The Balaban J connectivity index is 1.03. The molecule has 11 heteroatoms. The quantitative estimate of drug-likeness (QED) is 0.108. The molecule has 13 unspecified atom stereocenters. The molecule has 12 rings (SSSR count). The van der Waals surface area contributed by atoms with Crippen LogP contribution in [0.25, 0.3) is 11.0 Å². The van der Waals surface area contributed by atoms with Crippen LogP contribution >= 0.6 is 0 Å². The summed E-state index contributed by atoms with van der Waals surface area (Å²) < 4.78 is 14.3. The highest BCUT2D eigenvalue weighted by Gasteiger charge is 2.77. The van der Waals surface area contributed by atoms with Crippen LogP contribution in [0.15, 0.2) is 41.7 Å². The molecular formula is C63H89N3O8. The van der Waals surface area contributed by atoms with Crippen molar-refractivity contribution in [3.63, 3.8) is 0 Å². The Bertz CT molecular complexity index is 2760. The van der Waals surface area contributed by atoms with Crippen LogP contribution in [0.2, 0.25) is 0 Å². The monoisotopic (exact) mass is 1020 g/mol. The van der Waals surface area contributed by atoms with Crippen molar-refractivity contribution in [3.8, 4) is 0 Å². The van der Waals surface area contributed by atoms with E-state index in [1.54, 1.807) is 0 Å². The van der Waals surface area contributed by atoms with Gasteiger partial charge in [-0.25, -0.2) is 0 Å². The lowest BCUT2D eigenvalue weighted by atomic mass is 9.30. The lowest BCUT2D eigenvalue weighted by Crippen LogP contribution is -2.72. The summed E-state index contributed by atoms with van der Waals surface area (Å²) >= 11 is 0. The zero-order valence-corrected chi connectivity index (χ0v) is 46.1. The zero-order chi connectivity index (χ0) is 52.2. The second-order valence-corrected chi connectivity index (χ2v) is 28.1. The molecule has 0 amide bonds. The van der Waals surface area contributed by atoms with Crippen molar-refractivity contribution in [1.29, 1.82) is 0 Å². The molecule has 6 aliphatic carbocycles. The van der Waals surface area contributed by atoms with E-state index >= 15 is 4.79 Å². The highest BCUT2D eigenvalue weighted by Crippen LogP contribution is 2.80. The molecule has 1 spiro atoms. The van der Waals surface area contributed by atoms with E-state index in [2.05, 4.69) is 80.1 Å². The average Bonchev–Trinajstić information content (AvgIpc) is 3.77. The van der Waals surface area contributed by atoms with Gasteiger partial charge in [0.15, 0.2) is 5.78 Å². The summed E-state index contributed by atoms with van der Waals surface area (Å²) in [6.45, 7) is 18.0. The van der Waals surface area contributed by atoms with Gasteiger partial charge >= 0.3 is 0 Å². The SMILES string of the molecule is CNCCC1(C)C(=O)CC2(CCC(O)C2)C2(C)C1CCC1(C)C2C(O)C2Cn3cc(Cc4cc(C5CCCCC5)cc(C5(O)CCOCC5)c4)c4[nH]cc(c43)CCC(C)(CC(O)C3OC3(C)C)C3=C2C1(C)CC3=O. The van der Waals surface area contributed by atoms with Crippen molar-refractivity contribution in [1.82, 2.24) is 14.9 Å². The Morgan fingerprint density at radius 2 is 1.65 bits per heavy atom. The number of allylic oxidation sites excluding steroid dienone is 1. The van der Waals surface area contributed by atoms with Gasteiger partial charge in [-0.3, -0.25) is 9.59 Å². The van der Waals surface area contributed by atoms with Crippen molar-refractivity contribution >= 4 is 22.6 Å². The highest BCUT2D eigenvalue weighted by atomic mass is 16.6. The summed E-state index contributed by atoms with van der Waals surface area (Å²) in [5, 5.41) is 53.6. The largest absolute Gasteiger partial charge is 0.393 e. The van der Waals surface area contributed by atoms with E-state index < -0.39 is 67.9 Å². The maximum absolute atomic E-state index is 15.7. The topological polar surface area (TPSA) is 170 Å². The number of nitrogens with one attached hydrogen (secondary N) is 2. The number of epoxide rings is 1. The number of Topliss-reactive ketones (excluding diaryl/α,β-unsaturated/α-hetero) is 2. The Morgan fingerprint density at radius 3 is 2.34 bits per heavy atom. The molecule has 5 heterocycles. The Morgan fingerprint density at radius 1 is 0.905 bits per heavy atom. The van der Waals surface area contributed by atoms with Crippen LogP contribution in [0.1, 0.15) is 191 Å². The second-order valence-electron chi connectivity index (χ2n) is 28.1. The first-order valence-electron chi connectivity index (χ1n) is 29.4. The number of H-pyrrole nitrogens is 1. The van der Waals surface area contributed by atoms with Crippen molar-refractivity contribution in [2.24, 2.45) is 50.2 Å². The first-order chi connectivity index (χ1) is 35.0. The number of aromatic nitrogens is 2. The molecular weight excluding hydrogens is 927 g/mol. The van der Waals surface area contributed by atoms with E-state index in [1.807, 2.05) is 20.9 Å². The van der Waals surface area contributed by atoms with Gasteiger partial charge in [0.25, 0.3) is 0 Å². The molecule has 6 N–H and O–H groups in total. The third-order valence-electron chi connectivity index (χ3n) is 23.8. The highest BCUT2D eigenvalue weighted by molar-refractivity contribution is 6.02. The smallest absolute Gasteiger partial charge is 0.160 e. The summed E-state index contributed by atoms with van der Waals surface area (Å²) in [7, 11) is 1.96. The molecule has 9 aliphatic rings. The van der Waals surface area contributed by atoms with Crippen LogP contribution in [-0.2, 0) is 44.1 Å². The summed E-state index contributed by atoms with van der Waals surface area (Å²) in [6.07, 6.45) is 16.8. The van der Waals surface area contributed by atoms with E-state index in [-0.39, 0.29) is 23.7 Å². The van der Waals surface area contributed by atoms with Gasteiger partial charge in [0, 0.05) is 86.6 Å². The molecule has 2 aromatic heterocycles. The van der Waals surface area contributed by atoms with E-state index in [1.165, 1.54) is 54.4 Å². The second kappa shape index (κ2) is 17.7. The molecule has 7 fully saturated rings. The minimum absolute atomic E-state index is 0.00945. The molecule has 13 atom stereocenters. The number of nitrogens with zero attached hydrogens (tertiary/aromatic N) is 1. The van der Waals surface area contributed by atoms with Crippen molar-refractivity contribution in [2.45, 2.75) is 219 Å². The number of fused-ring (bicyclic) bond motifs is 5. The number of aromatic amines is 1. The molecule has 3 aromatic rings. The van der Waals surface area contributed by atoms with Crippen LogP contribution in [0.3, 0.4) is 0 Å². The Hall–Kier alpha value is -3.16. The van der Waals surface area contributed by atoms with Gasteiger partial charge < -0.3 is 44.8 Å². The predicted molar refractivity (Wildman–Crippen MR) is 287 cm³/mol. The van der Waals surface area contributed by atoms with Gasteiger partial charge in [0.1, 0.15) is 11.9 Å². The summed E-state index contributed by atoms with van der Waals surface area (Å²) in [5.41, 5.74) is 5.22. The number of ether oxygens (including phenoxy) is 2. The van der Waals surface area contributed by atoms with Crippen LogP contribution in [0.4, 0.5) is 0 Å². The Labute approximate surface area is 440 Å². The number of hydrogen-bond donors (Lipinski definition) is 6. The van der Waals surface area contributed by atoms with Crippen LogP contribution < -0.4 is 5.32 Å². The summed E-state index contributed by atoms with van der Waals surface area (Å²) in [5.74, 6) is 0.222. The molecule has 1 aromatic carbocycles. The molecule has 5 saturated carbocycles. The minimum Gasteiger partial charge on any atom is -0.393 e. The number of hydrogen-bond acceptors (Lipinski definition) is 9. The lowest BCUT2D eigenvalue weighted by Gasteiger charge is -2.74. The zero-order valence-electron chi connectivity index (χ0n) is 46.1. The normalized spacial score (nSPS) is 41.1. The van der Waals surface area contributed by atoms with E-state index in [0.717, 1.165) is 60.0 Å². The maximum atomic E-state index is 15.7. The fraction of sp³-hybridized carbons (Fsp3) is 0.746.